The van der Waals surface area contributed by atoms with E-state index in [2.05, 4.69) is 19.7 Å². The van der Waals surface area contributed by atoms with Gasteiger partial charge in [0.15, 0.2) is 5.65 Å². The lowest BCUT2D eigenvalue weighted by Crippen LogP contribution is -2.02. The first-order valence-corrected chi connectivity index (χ1v) is 6.06. The van der Waals surface area contributed by atoms with Crippen molar-refractivity contribution in [3.05, 3.63) is 54.2 Å². The number of fused-ring (bicyclic) bond motifs is 1. The Morgan fingerprint density at radius 1 is 1.25 bits per heavy atom. The predicted molar refractivity (Wildman–Crippen MR) is 72.2 cm³/mol. The van der Waals surface area contributed by atoms with Crippen LogP contribution in [0.25, 0.3) is 11.2 Å². The highest BCUT2D eigenvalue weighted by Crippen LogP contribution is 2.12. The third kappa shape index (κ3) is 2.23. The number of hydrogen-bond acceptors (Lipinski definition) is 5. The molecular weight excluding hydrogens is 256 g/mol. The zero-order chi connectivity index (χ0) is 13.9. The molecule has 6 heteroatoms. The Labute approximate surface area is 115 Å². The van der Waals surface area contributed by atoms with Crippen molar-refractivity contribution in [2.24, 2.45) is 0 Å². The number of aromatic nitrogens is 4. The molecule has 0 saturated carbocycles. The SMILES string of the molecule is COC(=O)c1ccc(Cn2cnc3ncncc32)cc1. The molecule has 0 fully saturated rings. The predicted octanol–water partition coefficient (Wildman–Crippen LogP) is 1.66. The van der Waals surface area contributed by atoms with Crippen molar-refractivity contribution in [2.45, 2.75) is 6.54 Å². The molecule has 0 aliphatic carbocycles. The van der Waals surface area contributed by atoms with Crippen molar-refractivity contribution in [3.8, 4) is 0 Å². The summed E-state index contributed by atoms with van der Waals surface area (Å²) in [5.74, 6) is -0.335. The normalized spacial score (nSPS) is 10.7. The lowest BCUT2D eigenvalue weighted by molar-refractivity contribution is 0.0600. The summed E-state index contributed by atoms with van der Waals surface area (Å²) in [6.07, 6.45) is 4.94. The van der Waals surface area contributed by atoms with Gasteiger partial charge >= 0.3 is 5.97 Å². The number of imidazole rings is 1. The molecule has 6 nitrogen and oxygen atoms in total. The Bertz CT molecular complexity index is 749. The molecule has 0 amide bonds. The Hall–Kier alpha value is -2.76. The quantitative estimate of drug-likeness (QED) is 0.676. The number of carbonyl (C=O) groups excluding carboxylic acids is 1. The summed E-state index contributed by atoms with van der Waals surface area (Å²) in [4.78, 5) is 23.7. The minimum absolute atomic E-state index is 0.335. The van der Waals surface area contributed by atoms with Gasteiger partial charge in [-0.15, -0.1) is 0 Å². The van der Waals surface area contributed by atoms with Gasteiger partial charge in [0.2, 0.25) is 0 Å². The molecule has 0 saturated heterocycles. The minimum atomic E-state index is -0.335. The summed E-state index contributed by atoms with van der Waals surface area (Å²) in [6.45, 7) is 0.644. The van der Waals surface area contributed by atoms with Crippen LogP contribution < -0.4 is 0 Å². The third-order valence-electron chi connectivity index (χ3n) is 3.03. The number of carbonyl (C=O) groups is 1. The monoisotopic (exact) mass is 268 g/mol. The fourth-order valence-corrected chi connectivity index (χ4v) is 1.99. The van der Waals surface area contributed by atoms with Gasteiger partial charge in [-0.1, -0.05) is 12.1 Å². The van der Waals surface area contributed by atoms with Crippen molar-refractivity contribution in [1.82, 2.24) is 19.5 Å². The zero-order valence-electron chi connectivity index (χ0n) is 10.9. The molecule has 1 aromatic carbocycles. The Balaban J connectivity index is 1.86. The fraction of sp³-hybridized carbons (Fsp3) is 0.143. The van der Waals surface area contributed by atoms with Gasteiger partial charge in [0.1, 0.15) is 11.8 Å². The summed E-state index contributed by atoms with van der Waals surface area (Å²) in [5.41, 5.74) is 3.15. The average molecular weight is 268 g/mol. The number of methoxy groups -OCH3 is 1. The third-order valence-corrected chi connectivity index (χ3v) is 3.03. The lowest BCUT2D eigenvalue weighted by atomic mass is 10.1. The molecule has 3 aromatic rings. The van der Waals surface area contributed by atoms with Gasteiger partial charge in [0.25, 0.3) is 0 Å². The molecule has 100 valence electrons. The molecule has 0 spiro atoms. The molecular formula is C14H12N4O2. The zero-order valence-corrected chi connectivity index (χ0v) is 10.9. The van der Waals surface area contributed by atoms with Crippen LogP contribution in [-0.4, -0.2) is 32.6 Å². The maximum Gasteiger partial charge on any atom is 0.337 e. The Kier molecular flexibility index (Phi) is 3.12. The van der Waals surface area contributed by atoms with Crippen LogP contribution in [0.15, 0.2) is 43.1 Å². The summed E-state index contributed by atoms with van der Waals surface area (Å²) >= 11 is 0. The highest BCUT2D eigenvalue weighted by molar-refractivity contribution is 5.89. The molecule has 3 rings (SSSR count). The van der Waals surface area contributed by atoms with E-state index in [9.17, 15) is 4.79 Å². The van der Waals surface area contributed by atoms with E-state index < -0.39 is 0 Å². The van der Waals surface area contributed by atoms with Crippen LogP contribution in [0, 0.1) is 0 Å². The topological polar surface area (TPSA) is 69.9 Å². The standard InChI is InChI=1S/C14H12N4O2/c1-20-14(19)11-4-2-10(3-5-11)7-18-9-17-13-12(18)6-15-8-16-13/h2-6,8-9H,7H2,1H3. The van der Waals surface area contributed by atoms with Crippen LogP contribution >= 0.6 is 0 Å². The van der Waals surface area contributed by atoms with Crippen LogP contribution in [0.4, 0.5) is 0 Å². The number of hydrogen-bond donors (Lipinski definition) is 0. The molecule has 2 aromatic heterocycles. The van der Waals surface area contributed by atoms with Gasteiger partial charge in [-0.05, 0) is 17.7 Å². The molecule has 0 N–H and O–H groups in total. The second kappa shape index (κ2) is 5.08. The van der Waals surface area contributed by atoms with Crippen molar-refractivity contribution in [2.75, 3.05) is 7.11 Å². The van der Waals surface area contributed by atoms with E-state index in [-0.39, 0.29) is 5.97 Å². The smallest absolute Gasteiger partial charge is 0.337 e. The van der Waals surface area contributed by atoms with Gasteiger partial charge in [-0.2, -0.15) is 0 Å². The molecule has 2 heterocycles. The van der Waals surface area contributed by atoms with Crippen LogP contribution in [0.1, 0.15) is 15.9 Å². The van der Waals surface area contributed by atoms with Crippen LogP contribution in [-0.2, 0) is 11.3 Å². The molecule has 0 atom stereocenters. The maximum atomic E-state index is 11.4. The Morgan fingerprint density at radius 3 is 2.80 bits per heavy atom. The van der Waals surface area contributed by atoms with Gasteiger partial charge < -0.3 is 9.30 Å². The second-order valence-corrected chi connectivity index (χ2v) is 4.29. The van der Waals surface area contributed by atoms with Crippen LogP contribution in [0.3, 0.4) is 0 Å². The summed E-state index contributed by atoms with van der Waals surface area (Å²) < 4.78 is 6.63. The highest BCUT2D eigenvalue weighted by atomic mass is 16.5. The van der Waals surface area contributed by atoms with E-state index in [0.29, 0.717) is 17.8 Å². The van der Waals surface area contributed by atoms with Gasteiger partial charge in [-0.25, -0.2) is 19.7 Å². The number of rotatable bonds is 3. The first-order valence-electron chi connectivity index (χ1n) is 6.06. The average Bonchev–Trinajstić information content (AvgIpc) is 2.91. The summed E-state index contributed by atoms with van der Waals surface area (Å²) in [6, 6.07) is 7.28. The van der Waals surface area contributed by atoms with E-state index in [1.54, 1.807) is 24.7 Å². The maximum absolute atomic E-state index is 11.4. The first-order chi connectivity index (χ1) is 9.78. The molecule has 0 unspecified atom stereocenters. The number of esters is 1. The first kappa shape index (κ1) is 12.3. The largest absolute Gasteiger partial charge is 0.465 e. The molecule has 0 aliphatic heterocycles. The van der Waals surface area contributed by atoms with Crippen molar-refractivity contribution >= 4 is 17.1 Å². The Morgan fingerprint density at radius 2 is 2.05 bits per heavy atom. The highest BCUT2D eigenvalue weighted by Gasteiger charge is 2.06. The van der Waals surface area contributed by atoms with E-state index in [4.69, 9.17) is 0 Å². The van der Waals surface area contributed by atoms with E-state index >= 15 is 0 Å². The lowest BCUT2D eigenvalue weighted by Gasteiger charge is -2.05. The van der Waals surface area contributed by atoms with Gasteiger partial charge in [-0.3, -0.25) is 0 Å². The summed E-state index contributed by atoms with van der Waals surface area (Å²) in [7, 11) is 1.37. The molecule has 0 radical (unpaired) electrons. The molecule has 20 heavy (non-hydrogen) atoms. The number of benzene rings is 1. The van der Waals surface area contributed by atoms with Crippen molar-refractivity contribution < 1.29 is 9.53 Å². The minimum Gasteiger partial charge on any atom is -0.465 e. The van der Waals surface area contributed by atoms with Gasteiger partial charge in [0.05, 0.1) is 25.2 Å². The second-order valence-electron chi connectivity index (χ2n) is 4.29. The van der Waals surface area contributed by atoms with E-state index in [1.807, 2.05) is 16.7 Å². The summed E-state index contributed by atoms with van der Waals surface area (Å²) in [5, 5.41) is 0. The van der Waals surface area contributed by atoms with Gasteiger partial charge in [0, 0.05) is 6.54 Å². The van der Waals surface area contributed by atoms with E-state index in [0.717, 1.165) is 11.1 Å². The number of nitrogens with zero attached hydrogens (tertiary/aromatic N) is 4. The van der Waals surface area contributed by atoms with Crippen LogP contribution in [0.5, 0.6) is 0 Å². The molecule has 0 aliphatic rings. The number of ether oxygens (including phenoxy) is 1. The van der Waals surface area contributed by atoms with Crippen molar-refractivity contribution in [1.29, 1.82) is 0 Å². The molecule has 0 bridgehead atoms. The van der Waals surface area contributed by atoms with Crippen LogP contribution in [0.2, 0.25) is 0 Å². The fourth-order valence-electron chi connectivity index (χ4n) is 1.99. The van der Waals surface area contributed by atoms with E-state index in [1.165, 1.54) is 13.4 Å². The van der Waals surface area contributed by atoms with Crippen molar-refractivity contribution in [3.63, 3.8) is 0 Å².